The van der Waals surface area contributed by atoms with Crippen molar-refractivity contribution in [2.24, 2.45) is 0 Å². The molecule has 0 spiro atoms. The lowest BCUT2D eigenvalue weighted by Crippen LogP contribution is -2.13. The number of benzene rings is 1. The van der Waals surface area contributed by atoms with Crippen LogP contribution in [0.1, 0.15) is 19.4 Å². The third-order valence-electron chi connectivity index (χ3n) is 2.60. The monoisotopic (exact) mass is 196 g/mol. The zero-order valence-electron chi connectivity index (χ0n) is 8.86. The van der Waals surface area contributed by atoms with Crippen molar-refractivity contribution in [2.45, 2.75) is 19.3 Å². The first kappa shape index (κ1) is 9.67. The highest BCUT2D eigenvalue weighted by Gasteiger charge is 2.19. The smallest absolute Gasteiger partial charge is 0.0766 e. The van der Waals surface area contributed by atoms with Crippen molar-refractivity contribution < 1.29 is 0 Å². The van der Waals surface area contributed by atoms with Gasteiger partial charge in [0.1, 0.15) is 0 Å². The minimum atomic E-state index is -0.440. The van der Waals surface area contributed by atoms with E-state index in [2.05, 4.69) is 11.1 Å². The molecule has 0 N–H and O–H groups in total. The molecule has 0 bridgehead atoms. The number of hydrogen-bond donors (Lipinski definition) is 0. The molecule has 0 saturated heterocycles. The molecule has 1 heterocycles. The molecule has 0 amide bonds. The first-order chi connectivity index (χ1) is 7.13. The number of rotatable bonds is 1. The fourth-order valence-electron chi connectivity index (χ4n) is 1.53. The van der Waals surface area contributed by atoms with Crippen LogP contribution in [0.25, 0.3) is 10.9 Å². The van der Waals surface area contributed by atoms with Crippen molar-refractivity contribution in [3.63, 3.8) is 0 Å². The van der Waals surface area contributed by atoms with Crippen molar-refractivity contribution >= 4 is 10.9 Å². The average Bonchev–Trinajstić information content (AvgIpc) is 2.28. The van der Waals surface area contributed by atoms with E-state index in [4.69, 9.17) is 5.26 Å². The molecule has 15 heavy (non-hydrogen) atoms. The molecule has 2 heteroatoms. The van der Waals surface area contributed by atoms with E-state index in [1.165, 1.54) is 0 Å². The minimum absolute atomic E-state index is 0.440. The van der Waals surface area contributed by atoms with Gasteiger partial charge in [-0.05, 0) is 37.6 Å². The second-order valence-electron chi connectivity index (χ2n) is 4.15. The molecule has 0 aliphatic heterocycles. The van der Waals surface area contributed by atoms with E-state index in [1.807, 2.05) is 44.2 Å². The van der Waals surface area contributed by atoms with Crippen molar-refractivity contribution in [1.29, 1.82) is 5.26 Å². The van der Waals surface area contributed by atoms with Crippen LogP contribution >= 0.6 is 0 Å². The highest BCUT2D eigenvalue weighted by molar-refractivity contribution is 5.79. The van der Waals surface area contributed by atoms with Gasteiger partial charge in [-0.2, -0.15) is 5.26 Å². The third kappa shape index (κ3) is 1.69. The molecule has 74 valence electrons. The summed E-state index contributed by atoms with van der Waals surface area (Å²) >= 11 is 0. The SMILES string of the molecule is CC(C)(C#N)c1ccc2ncccc2c1. The van der Waals surface area contributed by atoms with E-state index in [-0.39, 0.29) is 0 Å². The maximum atomic E-state index is 9.05. The minimum Gasteiger partial charge on any atom is -0.256 e. The van der Waals surface area contributed by atoms with Gasteiger partial charge in [0.25, 0.3) is 0 Å². The molecule has 0 atom stereocenters. The standard InChI is InChI=1S/C13H12N2/c1-13(2,9-14)11-5-6-12-10(8-11)4-3-7-15-12/h3-8H,1-2H3. The van der Waals surface area contributed by atoms with Crippen molar-refractivity contribution in [3.8, 4) is 6.07 Å². The Morgan fingerprint density at radius 1 is 1.27 bits per heavy atom. The first-order valence-electron chi connectivity index (χ1n) is 4.90. The summed E-state index contributed by atoms with van der Waals surface area (Å²) in [6.07, 6.45) is 1.78. The molecule has 0 aliphatic carbocycles. The van der Waals surface area contributed by atoms with Gasteiger partial charge in [0.15, 0.2) is 0 Å². The van der Waals surface area contributed by atoms with Gasteiger partial charge < -0.3 is 0 Å². The van der Waals surface area contributed by atoms with Crippen LogP contribution in [0.5, 0.6) is 0 Å². The van der Waals surface area contributed by atoms with E-state index in [9.17, 15) is 0 Å². The maximum absolute atomic E-state index is 9.05. The Balaban J connectivity index is 2.63. The average molecular weight is 196 g/mol. The van der Waals surface area contributed by atoms with Gasteiger partial charge in [-0.15, -0.1) is 0 Å². The van der Waals surface area contributed by atoms with Crippen LogP contribution in [0, 0.1) is 11.3 Å². The van der Waals surface area contributed by atoms with Crippen LogP contribution in [0.2, 0.25) is 0 Å². The third-order valence-corrected chi connectivity index (χ3v) is 2.60. The van der Waals surface area contributed by atoms with Gasteiger partial charge in [-0.25, -0.2) is 0 Å². The summed E-state index contributed by atoms with van der Waals surface area (Å²) in [7, 11) is 0. The number of hydrogen-bond acceptors (Lipinski definition) is 2. The van der Waals surface area contributed by atoms with E-state index in [1.54, 1.807) is 6.20 Å². The first-order valence-corrected chi connectivity index (χ1v) is 4.90. The lowest BCUT2D eigenvalue weighted by atomic mass is 9.86. The molecule has 0 fully saturated rings. The predicted molar refractivity (Wildman–Crippen MR) is 60.4 cm³/mol. The molecule has 0 unspecified atom stereocenters. The topological polar surface area (TPSA) is 36.7 Å². The molecule has 2 aromatic rings. The molecule has 1 aromatic carbocycles. The largest absolute Gasteiger partial charge is 0.256 e. The quantitative estimate of drug-likeness (QED) is 0.702. The van der Waals surface area contributed by atoms with Crippen LogP contribution in [0.3, 0.4) is 0 Å². The fourth-order valence-corrected chi connectivity index (χ4v) is 1.53. The molecule has 2 nitrogen and oxygen atoms in total. The highest BCUT2D eigenvalue weighted by Crippen LogP contribution is 2.24. The summed E-state index contributed by atoms with van der Waals surface area (Å²) in [4.78, 5) is 4.25. The fraction of sp³-hybridized carbons (Fsp3) is 0.231. The predicted octanol–water partition coefficient (Wildman–Crippen LogP) is 3.04. The second-order valence-corrected chi connectivity index (χ2v) is 4.15. The van der Waals surface area contributed by atoms with Crippen molar-refractivity contribution in [2.75, 3.05) is 0 Å². The van der Waals surface area contributed by atoms with E-state index in [0.717, 1.165) is 16.5 Å². The second kappa shape index (κ2) is 3.36. The normalized spacial score (nSPS) is 11.3. The van der Waals surface area contributed by atoms with Gasteiger partial charge in [0.2, 0.25) is 0 Å². The van der Waals surface area contributed by atoms with E-state index < -0.39 is 5.41 Å². The van der Waals surface area contributed by atoms with Crippen LogP contribution in [-0.2, 0) is 5.41 Å². The molecule has 2 rings (SSSR count). The lowest BCUT2D eigenvalue weighted by Gasteiger charge is -2.15. The Labute approximate surface area is 89.2 Å². The molecule has 0 aliphatic rings. The van der Waals surface area contributed by atoms with Crippen molar-refractivity contribution in [1.82, 2.24) is 4.98 Å². The van der Waals surface area contributed by atoms with Gasteiger partial charge >= 0.3 is 0 Å². The molecule has 0 saturated carbocycles. The summed E-state index contributed by atoms with van der Waals surface area (Å²) < 4.78 is 0. The number of fused-ring (bicyclic) bond motifs is 1. The Hall–Kier alpha value is -1.88. The molecular weight excluding hydrogens is 184 g/mol. The summed E-state index contributed by atoms with van der Waals surface area (Å²) in [6.45, 7) is 3.84. The lowest BCUT2D eigenvalue weighted by molar-refractivity contribution is 0.688. The van der Waals surface area contributed by atoms with Crippen LogP contribution in [0.15, 0.2) is 36.5 Å². The Morgan fingerprint density at radius 2 is 2.07 bits per heavy atom. The zero-order chi connectivity index (χ0) is 10.9. The van der Waals surface area contributed by atoms with Gasteiger partial charge in [-0.1, -0.05) is 12.1 Å². The van der Waals surface area contributed by atoms with Crippen molar-refractivity contribution in [3.05, 3.63) is 42.1 Å². The maximum Gasteiger partial charge on any atom is 0.0766 e. The molecule has 1 aromatic heterocycles. The Morgan fingerprint density at radius 3 is 2.80 bits per heavy atom. The number of aromatic nitrogens is 1. The van der Waals surface area contributed by atoms with Gasteiger partial charge in [0, 0.05) is 11.6 Å². The van der Waals surface area contributed by atoms with Crippen LogP contribution < -0.4 is 0 Å². The van der Waals surface area contributed by atoms with Crippen LogP contribution in [0.4, 0.5) is 0 Å². The Bertz CT molecular complexity index is 535. The number of pyridine rings is 1. The summed E-state index contributed by atoms with van der Waals surface area (Å²) in [5.41, 5.74) is 1.56. The highest BCUT2D eigenvalue weighted by atomic mass is 14.6. The Kier molecular flexibility index (Phi) is 2.17. The molecular formula is C13H12N2. The number of nitrogens with zero attached hydrogens (tertiary/aromatic N) is 2. The van der Waals surface area contributed by atoms with Gasteiger partial charge in [-0.3, -0.25) is 4.98 Å². The zero-order valence-corrected chi connectivity index (χ0v) is 8.86. The van der Waals surface area contributed by atoms with E-state index >= 15 is 0 Å². The van der Waals surface area contributed by atoms with Crippen LogP contribution in [-0.4, -0.2) is 4.98 Å². The summed E-state index contributed by atoms with van der Waals surface area (Å²) in [5.74, 6) is 0. The summed E-state index contributed by atoms with van der Waals surface area (Å²) in [6, 6.07) is 12.2. The van der Waals surface area contributed by atoms with E-state index in [0.29, 0.717) is 0 Å². The summed E-state index contributed by atoms with van der Waals surface area (Å²) in [5, 5.41) is 10.1. The molecule has 0 radical (unpaired) electrons. The van der Waals surface area contributed by atoms with Gasteiger partial charge in [0.05, 0.1) is 17.0 Å². The number of nitriles is 1.